The number of hydrogen-bond acceptors (Lipinski definition) is 3. The molecule has 18 heavy (non-hydrogen) atoms. The van der Waals surface area contributed by atoms with Crippen molar-refractivity contribution in [2.45, 2.75) is 20.0 Å². The van der Waals surface area contributed by atoms with Gasteiger partial charge in [-0.15, -0.1) is 6.58 Å². The van der Waals surface area contributed by atoms with Crippen LogP contribution in [0.2, 0.25) is 0 Å². The summed E-state index contributed by atoms with van der Waals surface area (Å²) >= 11 is 0. The molecule has 0 heterocycles. The first-order valence-corrected chi connectivity index (χ1v) is 6.00. The first-order chi connectivity index (χ1) is 8.61. The Morgan fingerprint density at radius 2 is 2.28 bits per heavy atom. The molecule has 0 aliphatic heterocycles. The molecule has 0 fully saturated rings. The smallest absolute Gasteiger partial charge is 0.239 e. The number of rotatable bonds is 7. The van der Waals surface area contributed by atoms with Gasteiger partial charge in [0.25, 0.3) is 0 Å². The van der Waals surface area contributed by atoms with Gasteiger partial charge < -0.3 is 15.4 Å². The SMILES string of the molecule is C=CCNC(=O)CNc1cccc(OC(C)C)c1. The van der Waals surface area contributed by atoms with Gasteiger partial charge in [-0.25, -0.2) is 0 Å². The second kappa shape index (κ2) is 7.37. The number of benzene rings is 1. The van der Waals surface area contributed by atoms with E-state index in [0.29, 0.717) is 6.54 Å². The van der Waals surface area contributed by atoms with Crippen LogP contribution in [0.5, 0.6) is 5.75 Å². The minimum atomic E-state index is -0.0647. The fourth-order valence-corrected chi connectivity index (χ4v) is 1.38. The summed E-state index contributed by atoms with van der Waals surface area (Å²) in [5, 5.41) is 5.74. The average molecular weight is 248 g/mol. The van der Waals surface area contributed by atoms with Crippen LogP contribution in [0.15, 0.2) is 36.9 Å². The summed E-state index contributed by atoms with van der Waals surface area (Å²) in [5.74, 6) is 0.728. The summed E-state index contributed by atoms with van der Waals surface area (Å²) in [4.78, 5) is 11.4. The van der Waals surface area contributed by atoms with Crippen LogP contribution in [0, 0.1) is 0 Å². The molecule has 0 bridgehead atoms. The van der Waals surface area contributed by atoms with Crippen molar-refractivity contribution < 1.29 is 9.53 Å². The lowest BCUT2D eigenvalue weighted by Gasteiger charge is -2.11. The van der Waals surface area contributed by atoms with Crippen molar-refractivity contribution in [3.63, 3.8) is 0 Å². The standard InChI is InChI=1S/C14H20N2O2/c1-4-8-15-14(17)10-16-12-6-5-7-13(9-12)18-11(2)3/h4-7,9,11,16H,1,8,10H2,2-3H3,(H,15,17). The monoisotopic (exact) mass is 248 g/mol. The summed E-state index contributed by atoms with van der Waals surface area (Å²) < 4.78 is 5.57. The van der Waals surface area contributed by atoms with Gasteiger partial charge in [0.15, 0.2) is 0 Å². The van der Waals surface area contributed by atoms with Crippen molar-refractivity contribution >= 4 is 11.6 Å². The molecule has 0 spiro atoms. The van der Waals surface area contributed by atoms with Crippen LogP contribution < -0.4 is 15.4 Å². The molecule has 4 heteroatoms. The largest absolute Gasteiger partial charge is 0.491 e. The molecule has 1 aromatic carbocycles. The number of carbonyl (C=O) groups is 1. The summed E-state index contributed by atoms with van der Waals surface area (Å²) in [5.41, 5.74) is 0.863. The van der Waals surface area contributed by atoms with Gasteiger partial charge in [-0.05, 0) is 26.0 Å². The quantitative estimate of drug-likeness (QED) is 0.727. The second-order valence-electron chi connectivity index (χ2n) is 4.14. The Hall–Kier alpha value is -1.97. The lowest BCUT2D eigenvalue weighted by Crippen LogP contribution is -2.29. The number of nitrogens with one attached hydrogen (secondary N) is 2. The molecule has 0 atom stereocenters. The van der Waals surface area contributed by atoms with Crippen molar-refractivity contribution in [3.05, 3.63) is 36.9 Å². The van der Waals surface area contributed by atoms with Gasteiger partial charge in [0.2, 0.25) is 5.91 Å². The summed E-state index contributed by atoms with van der Waals surface area (Å²) in [6.45, 7) is 8.21. The highest BCUT2D eigenvalue weighted by Gasteiger charge is 2.01. The normalized spacial score (nSPS) is 9.94. The van der Waals surface area contributed by atoms with Crippen molar-refractivity contribution in [3.8, 4) is 5.75 Å². The molecule has 1 amide bonds. The van der Waals surface area contributed by atoms with E-state index in [1.54, 1.807) is 6.08 Å². The van der Waals surface area contributed by atoms with E-state index in [9.17, 15) is 4.79 Å². The third-order valence-corrected chi connectivity index (χ3v) is 2.10. The molecule has 4 nitrogen and oxygen atoms in total. The number of hydrogen-bond donors (Lipinski definition) is 2. The topological polar surface area (TPSA) is 50.4 Å². The van der Waals surface area contributed by atoms with Gasteiger partial charge in [-0.1, -0.05) is 12.1 Å². The number of amides is 1. The van der Waals surface area contributed by atoms with Crippen LogP contribution in [0.4, 0.5) is 5.69 Å². The second-order valence-corrected chi connectivity index (χ2v) is 4.14. The van der Waals surface area contributed by atoms with Crippen molar-refractivity contribution in [1.29, 1.82) is 0 Å². The molecule has 0 aliphatic carbocycles. The van der Waals surface area contributed by atoms with E-state index in [1.165, 1.54) is 0 Å². The van der Waals surface area contributed by atoms with Crippen LogP contribution in [-0.4, -0.2) is 25.1 Å². The number of ether oxygens (including phenoxy) is 1. The van der Waals surface area contributed by atoms with Gasteiger partial charge in [-0.3, -0.25) is 4.79 Å². The molecule has 0 unspecified atom stereocenters. The number of carbonyl (C=O) groups excluding carboxylic acids is 1. The minimum absolute atomic E-state index is 0.0647. The first-order valence-electron chi connectivity index (χ1n) is 6.00. The zero-order valence-corrected chi connectivity index (χ0v) is 10.9. The highest BCUT2D eigenvalue weighted by Crippen LogP contribution is 2.18. The zero-order chi connectivity index (χ0) is 13.4. The molecule has 0 saturated heterocycles. The van der Waals surface area contributed by atoms with E-state index in [4.69, 9.17) is 4.74 Å². The van der Waals surface area contributed by atoms with Crippen molar-refractivity contribution in [2.75, 3.05) is 18.4 Å². The Labute approximate surface area is 108 Å². The fraction of sp³-hybridized carbons (Fsp3) is 0.357. The van der Waals surface area contributed by atoms with Crippen LogP contribution in [0.3, 0.4) is 0 Å². The molecular weight excluding hydrogens is 228 g/mol. The van der Waals surface area contributed by atoms with E-state index in [-0.39, 0.29) is 18.6 Å². The van der Waals surface area contributed by atoms with Crippen LogP contribution >= 0.6 is 0 Å². The molecule has 0 radical (unpaired) electrons. The maximum Gasteiger partial charge on any atom is 0.239 e. The van der Waals surface area contributed by atoms with Gasteiger partial charge in [0.05, 0.1) is 12.6 Å². The first kappa shape index (κ1) is 14.1. The third kappa shape index (κ3) is 5.39. The Morgan fingerprint density at radius 3 is 2.94 bits per heavy atom. The van der Waals surface area contributed by atoms with Crippen molar-refractivity contribution in [2.24, 2.45) is 0 Å². The van der Waals surface area contributed by atoms with E-state index < -0.39 is 0 Å². The minimum Gasteiger partial charge on any atom is -0.491 e. The van der Waals surface area contributed by atoms with Crippen LogP contribution in [0.25, 0.3) is 0 Å². The molecule has 1 rings (SSSR count). The maximum absolute atomic E-state index is 11.4. The van der Waals surface area contributed by atoms with E-state index in [1.807, 2.05) is 38.1 Å². The molecule has 2 N–H and O–H groups in total. The Morgan fingerprint density at radius 1 is 1.50 bits per heavy atom. The highest BCUT2D eigenvalue weighted by molar-refractivity contribution is 5.80. The molecule has 98 valence electrons. The molecule has 0 aliphatic rings. The van der Waals surface area contributed by atoms with Gasteiger partial charge in [-0.2, -0.15) is 0 Å². The number of anilines is 1. The third-order valence-electron chi connectivity index (χ3n) is 2.10. The Kier molecular flexibility index (Phi) is 5.77. The van der Waals surface area contributed by atoms with Crippen LogP contribution in [-0.2, 0) is 4.79 Å². The predicted octanol–water partition coefficient (Wildman–Crippen LogP) is 2.19. The van der Waals surface area contributed by atoms with Gasteiger partial charge in [0.1, 0.15) is 5.75 Å². The highest BCUT2D eigenvalue weighted by atomic mass is 16.5. The molecule has 0 aromatic heterocycles. The maximum atomic E-state index is 11.4. The Balaban J connectivity index is 2.46. The average Bonchev–Trinajstić information content (AvgIpc) is 2.33. The summed E-state index contributed by atoms with van der Waals surface area (Å²) in [6, 6.07) is 7.55. The predicted molar refractivity (Wildman–Crippen MR) is 73.9 cm³/mol. The molecule has 1 aromatic rings. The summed E-state index contributed by atoms with van der Waals surface area (Å²) in [6.07, 6.45) is 1.78. The summed E-state index contributed by atoms with van der Waals surface area (Å²) in [7, 11) is 0. The molecular formula is C14H20N2O2. The van der Waals surface area contributed by atoms with Crippen molar-refractivity contribution in [1.82, 2.24) is 5.32 Å². The van der Waals surface area contributed by atoms with E-state index in [2.05, 4.69) is 17.2 Å². The van der Waals surface area contributed by atoms with Gasteiger partial charge in [0, 0.05) is 18.3 Å². The molecule has 0 saturated carbocycles. The van der Waals surface area contributed by atoms with Gasteiger partial charge >= 0.3 is 0 Å². The zero-order valence-electron chi connectivity index (χ0n) is 10.9. The van der Waals surface area contributed by atoms with E-state index in [0.717, 1.165) is 11.4 Å². The van der Waals surface area contributed by atoms with Crippen LogP contribution in [0.1, 0.15) is 13.8 Å². The lowest BCUT2D eigenvalue weighted by molar-refractivity contribution is -0.119. The Bertz CT molecular complexity index is 403. The lowest BCUT2D eigenvalue weighted by atomic mass is 10.3. The fourth-order valence-electron chi connectivity index (χ4n) is 1.38. The van der Waals surface area contributed by atoms with E-state index >= 15 is 0 Å².